The highest BCUT2D eigenvalue weighted by molar-refractivity contribution is 7.80. The van der Waals surface area contributed by atoms with Gasteiger partial charge in [-0.05, 0) is 80.5 Å². The molecule has 2 aliphatic rings. The molecule has 2 atom stereocenters. The molecule has 2 fully saturated rings. The van der Waals surface area contributed by atoms with Gasteiger partial charge < -0.3 is 19.5 Å². The molecule has 0 unspecified atom stereocenters. The second-order valence-electron chi connectivity index (χ2n) is 8.41. The molecular weight excluding hydrogens is 404 g/mol. The molecule has 5 nitrogen and oxygen atoms in total. The van der Waals surface area contributed by atoms with Gasteiger partial charge in [-0.15, -0.1) is 0 Å². The Morgan fingerprint density at radius 1 is 1.03 bits per heavy atom. The van der Waals surface area contributed by atoms with Crippen molar-refractivity contribution in [3.05, 3.63) is 77.9 Å². The van der Waals surface area contributed by atoms with Gasteiger partial charge in [0.05, 0.1) is 24.9 Å². The number of hydrogen-bond acceptors (Lipinski definition) is 3. The fourth-order valence-corrected chi connectivity index (χ4v) is 5.52. The lowest BCUT2D eigenvalue weighted by Gasteiger charge is -2.33. The van der Waals surface area contributed by atoms with Gasteiger partial charge in [-0.3, -0.25) is 4.98 Å². The minimum absolute atomic E-state index is 0.0144. The highest BCUT2D eigenvalue weighted by Crippen LogP contribution is 2.43. The van der Waals surface area contributed by atoms with Crippen LogP contribution >= 0.6 is 12.2 Å². The fourth-order valence-electron chi connectivity index (χ4n) is 5.13. The van der Waals surface area contributed by atoms with Crippen LogP contribution in [0.5, 0.6) is 5.75 Å². The van der Waals surface area contributed by atoms with Crippen LogP contribution in [-0.4, -0.2) is 32.7 Å². The molecule has 31 heavy (non-hydrogen) atoms. The standard InChI is InChI=1S/C25H28N4OS/c1-17-10-15-22(28(17)19-11-13-20(30-2)14-12-19)24-23(21-9-5-6-16-26-21)27-25(31)29(24)18-7-3-4-8-18/h5-6,9-16,18,23-24H,3-4,7-8H2,1-2H3,(H,27,31)/t23-,24+/m0/s1. The lowest BCUT2D eigenvalue weighted by atomic mass is 9.99. The van der Waals surface area contributed by atoms with Crippen LogP contribution in [0.2, 0.25) is 0 Å². The highest BCUT2D eigenvalue weighted by atomic mass is 32.1. The van der Waals surface area contributed by atoms with Gasteiger partial charge in [0.25, 0.3) is 0 Å². The summed E-state index contributed by atoms with van der Waals surface area (Å²) >= 11 is 5.89. The Hall–Kier alpha value is -2.86. The first kappa shape index (κ1) is 20.1. The number of nitrogens with one attached hydrogen (secondary N) is 1. The Labute approximate surface area is 189 Å². The lowest BCUT2D eigenvalue weighted by molar-refractivity contribution is 0.239. The molecule has 1 aromatic carbocycles. The number of rotatable bonds is 5. The summed E-state index contributed by atoms with van der Waals surface area (Å²) in [5.41, 5.74) is 4.58. The van der Waals surface area contributed by atoms with E-state index in [2.05, 4.69) is 63.1 Å². The molecule has 1 saturated heterocycles. The second kappa shape index (κ2) is 8.35. The van der Waals surface area contributed by atoms with Gasteiger partial charge in [-0.25, -0.2) is 0 Å². The smallest absolute Gasteiger partial charge is 0.170 e. The maximum atomic E-state index is 5.89. The van der Waals surface area contributed by atoms with E-state index in [0.29, 0.717) is 6.04 Å². The van der Waals surface area contributed by atoms with Crippen LogP contribution in [0.3, 0.4) is 0 Å². The van der Waals surface area contributed by atoms with E-state index in [1.807, 2.05) is 24.4 Å². The van der Waals surface area contributed by atoms with Crippen molar-refractivity contribution in [2.75, 3.05) is 7.11 Å². The third-order valence-corrected chi connectivity index (χ3v) is 6.92. The summed E-state index contributed by atoms with van der Waals surface area (Å²) in [4.78, 5) is 7.14. The summed E-state index contributed by atoms with van der Waals surface area (Å²) in [6, 6.07) is 19.4. The zero-order valence-corrected chi connectivity index (χ0v) is 18.8. The first-order chi connectivity index (χ1) is 15.2. The molecule has 0 spiro atoms. The summed E-state index contributed by atoms with van der Waals surface area (Å²) in [6.45, 7) is 2.16. The van der Waals surface area contributed by atoms with Crippen LogP contribution in [0.15, 0.2) is 60.8 Å². The second-order valence-corrected chi connectivity index (χ2v) is 8.79. The van der Waals surface area contributed by atoms with Crippen LogP contribution in [0, 0.1) is 6.92 Å². The van der Waals surface area contributed by atoms with Gasteiger partial charge >= 0.3 is 0 Å². The summed E-state index contributed by atoms with van der Waals surface area (Å²) in [7, 11) is 1.70. The predicted molar refractivity (Wildman–Crippen MR) is 127 cm³/mol. The summed E-state index contributed by atoms with van der Waals surface area (Å²) in [5, 5.41) is 4.45. The van der Waals surface area contributed by atoms with Crippen LogP contribution in [-0.2, 0) is 0 Å². The first-order valence-electron chi connectivity index (χ1n) is 11.0. The largest absolute Gasteiger partial charge is 0.497 e. The van der Waals surface area contributed by atoms with E-state index in [1.165, 1.54) is 37.1 Å². The van der Waals surface area contributed by atoms with Crippen molar-refractivity contribution in [1.29, 1.82) is 0 Å². The van der Waals surface area contributed by atoms with Crippen molar-refractivity contribution in [2.24, 2.45) is 0 Å². The zero-order valence-electron chi connectivity index (χ0n) is 18.0. The van der Waals surface area contributed by atoms with Crippen molar-refractivity contribution >= 4 is 17.3 Å². The van der Waals surface area contributed by atoms with E-state index in [9.17, 15) is 0 Å². The normalized spacial score (nSPS) is 21.5. The third kappa shape index (κ3) is 3.59. The van der Waals surface area contributed by atoms with Crippen molar-refractivity contribution < 1.29 is 4.74 Å². The Bertz CT molecular complexity index is 1060. The molecule has 5 rings (SSSR count). The lowest BCUT2D eigenvalue weighted by Crippen LogP contribution is -2.38. The van der Waals surface area contributed by atoms with Gasteiger partial charge in [0.2, 0.25) is 0 Å². The minimum Gasteiger partial charge on any atom is -0.497 e. The summed E-state index contributed by atoms with van der Waals surface area (Å²) in [6.07, 6.45) is 6.78. The molecule has 0 bridgehead atoms. The number of nitrogens with zero attached hydrogens (tertiary/aromatic N) is 3. The molecule has 2 aromatic heterocycles. The highest BCUT2D eigenvalue weighted by Gasteiger charge is 2.45. The molecule has 0 radical (unpaired) electrons. The number of ether oxygens (including phenoxy) is 1. The van der Waals surface area contributed by atoms with Gasteiger partial charge in [0.1, 0.15) is 5.75 Å². The van der Waals surface area contributed by atoms with Crippen LogP contribution in [0.25, 0.3) is 5.69 Å². The summed E-state index contributed by atoms with van der Waals surface area (Å²) in [5.74, 6) is 0.859. The Balaban J connectivity index is 1.63. The van der Waals surface area contributed by atoms with Crippen molar-refractivity contribution in [2.45, 2.75) is 50.7 Å². The number of methoxy groups -OCH3 is 1. The number of pyridine rings is 1. The molecule has 1 aliphatic carbocycles. The van der Waals surface area contributed by atoms with E-state index < -0.39 is 0 Å². The van der Waals surface area contributed by atoms with E-state index in [4.69, 9.17) is 17.0 Å². The first-order valence-corrected chi connectivity index (χ1v) is 11.4. The molecule has 0 amide bonds. The number of thiocarbonyl (C=S) groups is 1. The minimum atomic E-state index is 0.0144. The fraction of sp³-hybridized carbons (Fsp3) is 0.360. The van der Waals surface area contributed by atoms with E-state index in [1.54, 1.807) is 7.11 Å². The van der Waals surface area contributed by atoms with Crippen LogP contribution in [0.4, 0.5) is 0 Å². The van der Waals surface area contributed by atoms with E-state index >= 15 is 0 Å². The molecule has 3 aromatic rings. The topological polar surface area (TPSA) is 42.3 Å². The van der Waals surface area contributed by atoms with Crippen molar-refractivity contribution in [3.8, 4) is 11.4 Å². The Morgan fingerprint density at radius 2 is 1.81 bits per heavy atom. The van der Waals surface area contributed by atoms with Crippen LogP contribution < -0.4 is 10.1 Å². The molecule has 3 heterocycles. The average Bonchev–Trinajstić information content (AvgIpc) is 3.53. The zero-order chi connectivity index (χ0) is 21.4. The number of aryl methyl sites for hydroxylation is 1. The maximum Gasteiger partial charge on any atom is 0.170 e. The number of hydrogen-bond donors (Lipinski definition) is 1. The van der Waals surface area contributed by atoms with Gasteiger partial charge in [0, 0.05) is 29.3 Å². The molecule has 1 saturated carbocycles. The Kier molecular flexibility index (Phi) is 5.40. The van der Waals surface area contributed by atoms with Gasteiger partial charge in [0.15, 0.2) is 5.11 Å². The molecule has 160 valence electrons. The van der Waals surface area contributed by atoms with E-state index in [-0.39, 0.29) is 12.1 Å². The molecule has 1 N–H and O–H groups in total. The molecule has 6 heteroatoms. The van der Waals surface area contributed by atoms with Crippen molar-refractivity contribution in [1.82, 2.24) is 19.8 Å². The van der Waals surface area contributed by atoms with Gasteiger partial charge in [-0.2, -0.15) is 0 Å². The third-order valence-electron chi connectivity index (χ3n) is 6.59. The maximum absolute atomic E-state index is 5.89. The number of aromatic nitrogens is 2. The SMILES string of the molecule is COc1ccc(-n2c(C)ccc2[C@@H]2[C@H](c3ccccn3)NC(=S)N2C2CCCC2)cc1. The average molecular weight is 433 g/mol. The molecular formula is C25H28N4OS. The number of benzene rings is 1. The molecule has 1 aliphatic heterocycles. The summed E-state index contributed by atoms with van der Waals surface area (Å²) < 4.78 is 7.71. The van der Waals surface area contributed by atoms with Gasteiger partial charge in [-0.1, -0.05) is 18.9 Å². The van der Waals surface area contributed by atoms with Crippen LogP contribution in [0.1, 0.15) is 54.8 Å². The predicted octanol–water partition coefficient (Wildman–Crippen LogP) is 5.10. The van der Waals surface area contributed by atoms with E-state index in [0.717, 1.165) is 22.2 Å². The Morgan fingerprint density at radius 3 is 2.48 bits per heavy atom. The van der Waals surface area contributed by atoms with Crippen molar-refractivity contribution in [3.63, 3.8) is 0 Å². The quantitative estimate of drug-likeness (QED) is 0.568. The monoisotopic (exact) mass is 432 g/mol.